The Labute approximate surface area is 128 Å². The van der Waals surface area contributed by atoms with Crippen LogP contribution in [-0.4, -0.2) is 0 Å². The molecule has 18 heavy (non-hydrogen) atoms. The molecule has 1 aromatic heterocycles. The predicted octanol–water partition coefficient (Wildman–Crippen LogP) is 4.33. The molecule has 1 heterocycles. The van der Waals surface area contributed by atoms with Crippen molar-refractivity contribution in [3.05, 3.63) is 54.6 Å². The van der Waals surface area contributed by atoms with Gasteiger partial charge in [-0.1, -0.05) is 24.3 Å². The average Bonchev–Trinajstić information content (AvgIpc) is 2.67. The third-order valence-electron chi connectivity index (χ3n) is 2.94. The Kier molecular flexibility index (Phi) is 4.98. The third kappa shape index (κ3) is 3.22. The second kappa shape index (κ2) is 6.30. The van der Waals surface area contributed by atoms with Crippen LogP contribution in [0.2, 0.25) is 0 Å². The summed E-state index contributed by atoms with van der Waals surface area (Å²) in [5.74, 6) is 5.70. The molecule has 0 bridgehead atoms. The zero-order chi connectivity index (χ0) is 13.1. The highest BCUT2D eigenvalue weighted by molar-refractivity contribution is 9.12. The Morgan fingerprint density at radius 3 is 2.61 bits per heavy atom. The molecule has 96 valence electrons. The topological polar surface area (TPSA) is 38.0 Å². The van der Waals surface area contributed by atoms with Crippen molar-refractivity contribution in [1.29, 1.82) is 0 Å². The largest absolute Gasteiger partial charge is 0.271 e. The summed E-state index contributed by atoms with van der Waals surface area (Å²) in [5.41, 5.74) is 6.71. The van der Waals surface area contributed by atoms with Crippen LogP contribution in [0.4, 0.5) is 0 Å². The first-order valence-electron chi connectivity index (χ1n) is 5.57. The van der Waals surface area contributed by atoms with Crippen molar-refractivity contribution in [2.45, 2.75) is 19.4 Å². The number of thiophene rings is 1. The summed E-state index contributed by atoms with van der Waals surface area (Å²) in [6, 6.07) is 10.6. The van der Waals surface area contributed by atoms with Crippen LogP contribution in [0.3, 0.4) is 0 Å². The van der Waals surface area contributed by atoms with Crippen molar-refractivity contribution in [3.63, 3.8) is 0 Å². The van der Waals surface area contributed by atoms with Gasteiger partial charge in [-0.15, -0.1) is 11.3 Å². The van der Waals surface area contributed by atoms with Crippen LogP contribution < -0.4 is 11.3 Å². The van der Waals surface area contributed by atoms with Gasteiger partial charge in [0.15, 0.2) is 0 Å². The van der Waals surface area contributed by atoms with Crippen molar-refractivity contribution in [2.24, 2.45) is 5.84 Å². The molecular formula is C13H14Br2N2S. The number of nitrogens with one attached hydrogen (secondary N) is 1. The summed E-state index contributed by atoms with van der Waals surface area (Å²) in [6.07, 6.45) is 0.880. The molecular weight excluding hydrogens is 376 g/mol. The number of rotatable bonds is 4. The molecule has 0 amide bonds. The fourth-order valence-electron chi connectivity index (χ4n) is 1.91. The van der Waals surface area contributed by atoms with Gasteiger partial charge in [-0.3, -0.25) is 11.3 Å². The molecule has 1 aromatic carbocycles. The molecule has 1 unspecified atom stereocenters. The molecule has 5 heteroatoms. The molecule has 2 aromatic rings. The van der Waals surface area contributed by atoms with Gasteiger partial charge in [-0.25, -0.2) is 0 Å². The minimum absolute atomic E-state index is 0.114. The van der Waals surface area contributed by atoms with Crippen molar-refractivity contribution < 1.29 is 0 Å². The lowest BCUT2D eigenvalue weighted by molar-refractivity contribution is 0.550. The highest BCUT2D eigenvalue weighted by atomic mass is 79.9. The molecule has 1 atom stereocenters. The van der Waals surface area contributed by atoms with E-state index in [4.69, 9.17) is 5.84 Å². The molecule has 0 aliphatic heterocycles. The van der Waals surface area contributed by atoms with E-state index in [2.05, 4.69) is 74.5 Å². The molecule has 2 rings (SSSR count). The highest BCUT2D eigenvalue weighted by Gasteiger charge is 2.17. The minimum atomic E-state index is 0.114. The number of hydrogen-bond donors (Lipinski definition) is 2. The van der Waals surface area contributed by atoms with Crippen LogP contribution in [0.1, 0.15) is 22.7 Å². The minimum Gasteiger partial charge on any atom is -0.271 e. The van der Waals surface area contributed by atoms with Crippen LogP contribution in [-0.2, 0) is 6.42 Å². The van der Waals surface area contributed by atoms with Gasteiger partial charge < -0.3 is 0 Å². The number of halogens is 2. The molecule has 3 N–H and O–H groups in total. The van der Waals surface area contributed by atoms with E-state index in [9.17, 15) is 0 Å². The number of hydrazine groups is 1. The van der Waals surface area contributed by atoms with E-state index in [-0.39, 0.29) is 6.04 Å². The Hall–Kier alpha value is -0.200. The Bertz CT molecular complexity index is 540. The maximum atomic E-state index is 5.70. The quantitative estimate of drug-likeness (QED) is 0.603. The van der Waals surface area contributed by atoms with Crippen LogP contribution in [0.15, 0.2) is 37.9 Å². The molecule has 0 fully saturated rings. The smallest absolute Gasteiger partial charge is 0.0758 e. The number of nitrogens with two attached hydrogens (primary N) is 1. The number of benzene rings is 1. The lowest BCUT2D eigenvalue weighted by atomic mass is 9.98. The molecule has 2 nitrogen and oxygen atoms in total. The Morgan fingerprint density at radius 2 is 2.06 bits per heavy atom. The van der Waals surface area contributed by atoms with Gasteiger partial charge in [-0.05, 0) is 68.0 Å². The van der Waals surface area contributed by atoms with Gasteiger partial charge >= 0.3 is 0 Å². The second-order valence-electron chi connectivity index (χ2n) is 4.13. The van der Waals surface area contributed by atoms with Gasteiger partial charge in [0.2, 0.25) is 0 Å². The maximum absolute atomic E-state index is 5.70. The SMILES string of the molecule is Cc1ccccc1CC(NN)c1cc(Br)sc1Br. The fraction of sp³-hybridized carbons (Fsp3) is 0.231. The fourth-order valence-corrected chi connectivity index (χ4v) is 4.88. The van der Waals surface area contributed by atoms with E-state index in [1.165, 1.54) is 16.7 Å². The van der Waals surface area contributed by atoms with Crippen LogP contribution in [0, 0.1) is 6.92 Å². The summed E-state index contributed by atoms with van der Waals surface area (Å²) in [6.45, 7) is 2.13. The molecule has 0 aliphatic rings. The predicted molar refractivity (Wildman–Crippen MR) is 84.7 cm³/mol. The summed E-state index contributed by atoms with van der Waals surface area (Å²) < 4.78 is 2.22. The standard InChI is InChI=1S/C13H14Br2N2S/c1-8-4-2-3-5-9(8)6-11(17-16)10-7-12(14)18-13(10)15/h2-5,7,11,17H,6,16H2,1H3. The van der Waals surface area contributed by atoms with Crippen LogP contribution >= 0.6 is 43.2 Å². The maximum Gasteiger partial charge on any atom is 0.0758 e. The van der Waals surface area contributed by atoms with Gasteiger partial charge in [-0.2, -0.15) is 0 Å². The monoisotopic (exact) mass is 388 g/mol. The first-order chi connectivity index (χ1) is 8.61. The van der Waals surface area contributed by atoms with E-state index < -0.39 is 0 Å². The zero-order valence-electron chi connectivity index (χ0n) is 9.91. The lowest BCUT2D eigenvalue weighted by Gasteiger charge is -2.16. The van der Waals surface area contributed by atoms with E-state index >= 15 is 0 Å². The number of aryl methyl sites for hydroxylation is 1. The third-order valence-corrected chi connectivity index (χ3v) is 5.33. The van der Waals surface area contributed by atoms with E-state index in [0.29, 0.717) is 0 Å². The Balaban J connectivity index is 2.25. The van der Waals surface area contributed by atoms with Crippen molar-refractivity contribution in [2.75, 3.05) is 0 Å². The molecule has 0 aliphatic carbocycles. The number of hydrogen-bond acceptors (Lipinski definition) is 3. The normalized spacial score (nSPS) is 12.7. The van der Waals surface area contributed by atoms with Crippen molar-refractivity contribution in [3.8, 4) is 0 Å². The Morgan fingerprint density at radius 1 is 1.33 bits per heavy atom. The zero-order valence-corrected chi connectivity index (χ0v) is 13.9. The highest BCUT2D eigenvalue weighted by Crippen LogP contribution is 2.36. The van der Waals surface area contributed by atoms with E-state index in [1.54, 1.807) is 11.3 Å². The van der Waals surface area contributed by atoms with Crippen LogP contribution in [0.5, 0.6) is 0 Å². The van der Waals surface area contributed by atoms with Crippen molar-refractivity contribution in [1.82, 2.24) is 5.43 Å². The van der Waals surface area contributed by atoms with Gasteiger partial charge in [0.05, 0.1) is 13.6 Å². The molecule has 0 spiro atoms. The van der Waals surface area contributed by atoms with E-state index in [0.717, 1.165) is 14.0 Å². The summed E-state index contributed by atoms with van der Waals surface area (Å²) in [7, 11) is 0. The summed E-state index contributed by atoms with van der Waals surface area (Å²) in [4.78, 5) is 0. The average molecular weight is 390 g/mol. The van der Waals surface area contributed by atoms with Gasteiger partial charge in [0.25, 0.3) is 0 Å². The van der Waals surface area contributed by atoms with Gasteiger partial charge in [0.1, 0.15) is 0 Å². The molecule has 0 saturated carbocycles. The molecule has 0 radical (unpaired) electrons. The first kappa shape index (κ1) is 14.2. The van der Waals surface area contributed by atoms with Crippen molar-refractivity contribution >= 4 is 43.2 Å². The van der Waals surface area contributed by atoms with Crippen LogP contribution in [0.25, 0.3) is 0 Å². The second-order valence-corrected chi connectivity index (χ2v) is 7.88. The van der Waals surface area contributed by atoms with Gasteiger partial charge in [0, 0.05) is 0 Å². The van der Waals surface area contributed by atoms with E-state index in [1.807, 2.05) is 0 Å². The summed E-state index contributed by atoms with van der Waals surface area (Å²) in [5, 5.41) is 0. The molecule has 0 saturated heterocycles. The first-order valence-corrected chi connectivity index (χ1v) is 7.97. The lowest BCUT2D eigenvalue weighted by Crippen LogP contribution is -2.29. The summed E-state index contributed by atoms with van der Waals surface area (Å²) >= 11 is 8.75.